The number of imidazole rings is 1. The maximum absolute atomic E-state index is 2.32. The number of fused-ring (bicyclic) bond motifs is 1. The van der Waals surface area contributed by atoms with Crippen LogP contribution in [-0.2, 0) is 0 Å². The number of pyridine rings is 1. The first-order valence-corrected chi connectivity index (χ1v) is 10.8. The molecule has 0 saturated heterocycles. The van der Waals surface area contributed by atoms with Crippen molar-refractivity contribution in [1.82, 2.24) is 4.40 Å². The summed E-state index contributed by atoms with van der Waals surface area (Å²) in [5, 5.41) is 0. The lowest BCUT2D eigenvalue weighted by atomic mass is 9.92. The van der Waals surface area contributed by atoms with E-state index >= 15 is 0 Å². The van der Waals surface area contributed by atoms with E-state index in [9.17, 15) is 0 Å². The van der Waals surface area contributed by atoms with Crippen molar-refractivity contribution in [2.45, 2.75) is 39.5 Å². The molecule has 31 heavy (non-hydrogen) atoms. The fourth-order valence-electron chi connectivity index (χ4n) is 4.30. The zero-order valence-corrected chi connectivity index (χ0v) is 20.1. The lowest BCUT2D eigenvalue weighted by Gasteiger charge is -2.16. The first kappa shape index (κ1) is 22.9. The van der Waals surface area contributed by atoms with Gasteiger partial charge in [-0.3, -0.25) is 0 Å². The summed E-state index contributed by atoms with van der Waals surface area (Å²) in [6, 6.07) is 21.9. The molecule has 4 rings (SSSR count). The highest BCUT2D eigenvalue weighted by Gasteiger charge is 2.22. The monoisotopic (exact) mass is 433 g/mol. The number of hydrogen-bond acceptors (Lipinski definition) is 1. The van der Waals surface area contributed by atoms with Gasteiger partial charge in [-0.1, -0.05) is 64.1 Å². The zero-order valence-electron chi connectivity index (χ0n) is 19.3. The Bertz CT molecular complexity index is 1160. The predicted molar refractivity (Wildman–Crippen MR) is 127 cm³/mol. The lowest BCUT2D eigenvalue weighted by molar-refractivity contribution is -0.595. The van der Waals surface area contributed by atoms with Crippen molar-refractivity contribution in [3.8, 4) is 16.9 Å². The Morgan fingerprint density at radius 3 is 2.00 bits per heavy atom. The van der Waals surface area contributed by atoms with Crippen molar-refractivity contribution >= 4 is 11.2 Å². The lowest BCUT2D eigenvalue weighted by Crippen LogP contribution is -3.00. The maximum Gasteiger partial charge on any atom is 0.254 e. The molecule has 0 radical (unpaired) electrons. The number of benzene rings is 2. The summed E-state index contributed by atoms with van der Waals surface area (Å²) in [5.41, 5.74) is 8.93. The minimum atomic E-state index is 0. The topological polar surface area (TPSA) is 11.5 Å². The fourth-order valence-corrected chi connectivity index (χ4v) is 4.30. The molecule has 4 heteroatoms. The molecule has 0 aliphatic carbocycles. The van der Waals surface area contributed by atoms with Gasteiger partial charge >= 0.3 is 0 Å². The van der Waals surface area contributed by atoms with Crippen molar-refractivity contribution in [3.63, 3.8) is 0 Å². The molecule has 0 saturated carbocycles. The first-order chi connectivity index (χ1) is 14.4. The summed E-state index contributed by atoms with van der Waals surface area (Å²) in [6.45, 7) is 9.10. The van der Waals surface area contributed by atoms with Gasteiger partial charge in [0.25, 0.3) is 6.33 Å². The number of hydrogen-bond donors (Lipinski definition) is 0. The maximum atomic E-state index is 2.32. The van der Waals surface area contributed by atoms with Crippen LogP contribution in [0, 0.1) is 0 Å². The van der Waals surface area contributed by atoms with Gasteiger partial charge < -0.3 is 17.3 Å². The van der Waals surface area contributed by atoms with E-state index in [1.54, 1.807) is 0 Å². The summed E-state index contributed by atoms with van der Waals surface area (Å²) in [6.07, 6.45) is 4.50. The third-order valence-corrected chi connectivity index (χ3v) is 5.83. The standard InChI is InChI=1S/C27H32N3.ClH/c1-19(2)22-13-10-14-23(20(3)4)27(22)29-17-21-11-9-16-26(30(21)18-29)24-12-7-8-15-25(24)28(5)6;/h7-20H,1-6H3;1H/q+1;/p-1. The predicted octanol–water partition coefficient (Wildman–Crippen LogP) is 3.20. The SMILES string of the molecule is CC(C)c1cccc(C(C)C)c1-[n+]1cc2cccc(-c3ccccc3N(C)C)n2c1.[Cl-]. The quantitative estimate of drug-likeness (QED) is 0.440. The summed E-state index contributed by atoms with van der Waals surface area (Å²) in [5.74, 6) is 0.922. The van der Waals surface area contributed by atoms with E-state index in [1.807, 2.05) is 0 Å². The van der Waals surface area contributed by atoms with Crippen LogP contribution in [0.15, 0.2) is 73.2 Å². The minimum Gasteiger partial charge on any atom is -1.00 e. The molecule has 0 aliphatic heterocycles. The second-order valence-corrected chi connectivity index (χ2v) is 8.86. The Labute approximate surface area is 192 Å². The molecule has 2 heterocycles. The van der Waals surface area contributed by atoms with Crippen molar-refractivity contribution in [2.24, 2.45) is 0 Å². The number of halogens is 1. The van der Waals surface area contributed by atoms with Crippen molar-refractivity contribution in [3.05, 3.63) is 84.3 Å². The van der Waals surface area contributed by atoms with Crippen molar-refractivity contribution < 1.29 is 17.0 Å². The van der Waals surface area contributed by atoms with Gasteiger partial charge in [-0.2, -0.15) is 4.40 Å². The summed E-state index contributed by atoms with van der Waals surface area (Å²) >= 11 is 0. The summed E-state index contributed by atoms with van der Waals surface area (Å²) in [7, 11) is 4.20. The van der Waals surface area contributed by atoms with Crippen LogP contribution in [0.3, 0.4) is 0 Å². The third-order valence-electron chi connectivity index (χ3n) is 5.83. The van der Waals surface area contributed by atoms with Crippen LogP contribution in [0.25, 0.3) is 22.5 Å². The van der Waals surface area contributed by atoms with E-state index < -0.39 is 0 Å². The molecule has 2 aromatic heterocycles. The van der Waals surface area contributed by atoms with Gasteiger partial charge in [0.05, 0.1) is 0 Å². The van der Waals surface area contributed by atoms with Crippen LogP contribution in [0.5, 0.6) is 0 Å². The van der Waals surface area contributed by atoms with Crippen LogP contribution in [0.4, 0.5) is 5.69 Å². The smallest absolute Gasteiger partial charge is 0.254 e. The normalized spacial score (nSPS) is 11.2. The Morgan fingerprint density at radius 2 is 1.39 bits per heavy atom. The largest absolute Gasteiger partial charge is 1.00 e. The third kappa shape index (κ3) is 4.20. The summed E-state index contributed by atoms with van der Waals surface area (Å²) in [4.78, 5) is 2.18. The average molecular weight is 434 g/mol. The number of rotatable bonds is 5. The van der Waals surface area contributed by atoms with Crippen LogP contribution < -0.4 is 21.9 Å². The summed E-state index contributed by atoms with van der Waals surface area (Å²) < 4.78 is 4.63. The number of anilines is 1. The molecule has 0 amide bonds. The van der Waals surface area contributed by atoms with Crippen LogP contribution in [0.2, 0.25) is 0 Å². The van der Waals surface area contributed by atoms with E-state index in [4.69, 9.17) is 0 Å². The number of para-hydroxylation sites is 2. The van der Waals surface area contributed by atoms with Gasteiger partial charge in [0, 0.05) is 36.5 Å². The molecule has 0 N–H and O–H groups in total. The van der Waals surface area contributed by atoms with Gasteiger partial charge in [-0.05, 0) is 36.1 Å². The second-order valence-electron chi connectivity index (χ2n) is 8.86. The molecule has 0 bridgehead atoms. The molecule has 0 fully saturated rings. The van der Waals surface area contributed by atoms with Crippen LogP contribution >= 0.6 is 0 Å². The minimum absolute atomic E-state index is 0. The zero-order chi connectivity index (χ0) is 21.4. The van der Waals surface area contributed by atoms with E-state index in [1.165, 1.54) is 39.3 Å². The average Bonchev–Trinajstić information content (AvgIpc) is 3.17. The molecular weight excluding hydrogens is 402 g/mol. The molecule has 0 aliphatic rings. The van der Waals surface area contributed by atoms with Crippen LogP contribution in [0.1, 0.15) is 50.7 Å². The molecule has 3 nitrogen and oxygen atoms in total. The van der Waals surface area contributed by atoms with E-state index in [0.717, 1.165) is 0 Å². The molecule has 4 aromatic rings. The van der Waals surface area contributed by atoms with Gasteiger partial charge in [-0.15, -0.1) is 0 Å². The highest BCUT2D eigenvalue weighted by Crippen LogP contribution is 2.31. The van der Waals surface area contributed by atoms with Gasteiger partial charge in [0.1, 0.15) is 17.6 Å². The van der Waals surface area contributed by atoms with E-state index in [-0.39, 0.29) is 12.4 Å². The molecule has 0 unspecified atom stereocenters. The Balaban J connectivity index is 0.00000272. The Hall–Kier alpha value is -2.78. The number of nitrogens with zero attached hydrogens (tertiary/aromatic N) is 3. The highest BCUT2D eigenvalue weighted by atomic mass is 35.5. The molecular formula is C27H32ClN3. The molecule has 0 atom stereocenters. The van der Waals surface area contributed by atoms with E-state index in [0.29, 0.717) is 11.8 Å². The highest BCUT2D eigenvalue weighted by molar-refractivity contribution is 5.77. The number of aromatic nitrogens is 2. The molecule has 162 valence electrons. The first-order valence-electron chi connectivity index (χ1n) is 10.8. The fraction of sp³-hybridized carbons (Fsp3) is 0.296. The van der Waals surface area contributed by atoms with Crippen LogP contribution in [-0.4, -0.2) is 18.5 Å². The molecule has 2 aromatic carbocycles. The Kier molecular flexibility index (Phi) is 6.76. The van der Waals surface area contributed by atoms with Gasteiger partial charge in [0.15, 0.2) is 5.52 Å². The Morgan fingerprint density at radius 1 is 0.774 bits per heavy atom. The van der Waals surface area contributed by atoms with Crippen molar-refractivity contribution in [2.75, 3.05) is 19.0 Å². The van der Waals surface area contributed by atoms with Gasteiger partial charge in [-0.25, -0.2) is 4.57 Å². The van der Waals surface area contributed by atoms with E-state index in [2.05, 4.69) is 129 Å². The van der Waals surface area contributed by atoms with Crippen molar-refractivity contribution in [1.29, 1.82) is 0 Å². The second kappa shape index (κ2) is 9.15. The van der Waals surface area contributed by atoms with Gasteiger partial charge in [0.2, 0.25) is 0 Å². The molecule has 0 spiro atoms.